The minimum absolute atomic E-state index is 1.05. The Kier molecular flexibility index (Phi) is 47.5. The maximum atomic E-state index is 2.38. The Balaban J connectivity index is 0.000000657. The average molecular weight is 1450 g/mol. The molecule has 4 aliphatic rings. The molecule has 0 saturated heterocycles. The summed E-state index contributed by atoms with van der Waals surface area (Å²) in [4.78, 5) is 0. The van der Waals surface area contributed by atoms with E-state index in [1.165, 1.54) is 156 Å². The first kappa shape index (κ1) is 96.4. The van der Waals surface area contributed by atoms with Gasteiger partial charge in [0.25, 0.3) is 0 Å². The lowest BCUT2D eigenvalue weighted by Gasteiger charge is -2.10. The van der Waals surface area contributed by atoms with E-state index in [0.717, 1.165) is 25.7 Å². The second-order valence-corrected chi connectivity index (χ2v) is 23.3. The Morgan fingerprint density at radius 1 is 0.194 bits per heavy atom. The number of nitrogens with zero attached hydrogens (tertiary/aromatic N) is 4. The maximum Gasteiger partial charge on any atom is 0.212 e. The molecule has 108 heavy (non-hydrogen) atoms. The summed E-state index contributed by atoms with van der Waals surface area (Å²) in [7, 11) is 8.43. The Morgan fingerprint density at radius 2 is 0.472 bits per heavy atom. The van der Waals surface area contributed by atoms with Crippen molar-refractivity contribution in [3.8, 4) is 89.5 Å². The Labute approximate surface area is 661 Å². The second-order valence-electron chi connectivity index (χ2n) is 23.3. The van der Waals surface area contributed by atoms with Gasteiger partial charge >= 0.3 is 0 Å². The van der Waals surface area contributed by atoms with Crippen LogP contribution in [0, 0.1) is 27.7 Å². The Hall–Kier alpha value is -9.64. The van der Waals surface area contributed by atoms with E-state index in [0.29, 0.717) is 0 Å². The molecule has 0 N–H and O–H groups in total. The van der Waals surface area contributed by atoms with Crippen LogP contribution in [-0.2, 0) is 53.9 Å². The molecule has 4 heterocycles. The second kappa shape index (κ2) is 53.2. The molecule has 8 aromatic carbocycles. The zero-order valence-corrected chi connectivity index (χ0v) is 73.7. The SMILES string of the molecule is CC.CC.CC.CC.CC.CC.CC.CC.CC.CC.CC.CC.Cc1c(-c2cccc[n+]2C)ccc2c1-c1ccccc1C2.Cc1c(-c2cccc[n+]2C)ccc2c1Cc1ccccc1-2.Cc1cc2c(cc1-c1cccc[n+]1C)-c1ccccc1C2.Cc1cc2c(cc1-c1cccc[n+]1C)Cc1ccccc1-2. The fourth-order valence-corrected chi connectivity index (χ4v) is 13.7. The number of benzene rings is 8. The summed E-state index contributed by atoms with van der Waals surface area (Å²) < 4.78 is 8.76. The van der Waals surface area contributed by atoms with Crippen LogP contribution in [0.4, 0.5) is 0 Å². The number of hydrogen-bond donors (Lipinski definition) is 0. The highest BCUT2D eigenvalue weighted by Crippen LogP contribution is 2.44. The first-order chi connectivity index (χ1) is 53.0. The topological polar surface area (TPSA) is 15.5 Å². The van der Waals surface area contributed by atoms with Gasteiger partial charge in [0.15, 0.2) is 24.8 Å². The van der Waals surface area contributed by atoms with E-state index in [1.54, 1.807) is 0 Å². The van der Waals surface area contributed by atoms with E-state index < -0.39 is 0 Å². The maximum absolute atomic E-state index is 2.38. The molecule has 0 amide bonds. The summed E-state index contributed by atoms with van der Waals surface area (Å²) in [5.41, 5.74) is 38.8. The van der Waals surface area contributed by atoms with Crippen LogP contribution < -0.4 is 18.3 Å². The third-order valence-corrected chi connectivity index (χ3v) is 18.1. The molecular weight excluding hydrogens is 1310 g/mol. The van der Waals surface area contributed by atoms with Crippen LogP contribution in [0.25, 0.3) is 89.5 Å². The molecule has 0 radical (unpaired) electrons. The summed E-state index contributed by atoms with van der Waals surface area (Å²) >= 11 is 0. The molecule has 0 atom stereocenters. The molecule has 4 aromatic heterocycles. The van der Waals surface area contributed by atoms with Crippen LogP contribution in [0.15, 0.2) is 243 Å². The third kappa shape index (κ3) is 23.7. The molecule has 0 unspecified atom stereocenters. The molecular formula is C104H144N4+4. The van der Waals surface area contributed by atoms with Crippen LogP contribution >= 0.6 is 0 Å². The highest BCUT2D eigenvalue weighted by molar-refractivity contribution is 5.86. The fourth-order valence-electron chi connectivity index (χ4n) is 13.7. The normalized spacial score (nSPS) is 10.1. The lowest BCUT2D eigenvalue weighted by molar-refractivity contribution is -0.660. The monoisotopic (exact) mass is 1450 g/mol. The summed E-state index contributed by atoms with van der Waals surface area (Å²) in [6.07, 6.45) is 12.7. The van der Waals surface area contributed by atoms with E-state index in [9.17, 15) is 0 Å². The van der Waals surface area contributed by atoms with Gasteiger partial charge in [0.1, 0.15) is 28.2 Å². The van der Waals surface area contributed by atoms with Crippen molar-refractivity contribution in [3.05, 3.63) is 310 Å². The smallest absolute Gasteiger partial charge is 0.201 e. The van der Waals surface area contributed by atoms with Gasteiger partial charge in [0, 0.05) is 70.8 Å². The predicted octanol–water partition coefficient (Wildman–Crippen LogP) is 28.5. The number of pyridine rings is 4. The average Bonchev–Trinajstić information content (AvgIpc) is 1.62. The van der Waals surface area contributed by atoms with E-state index >= 15 is 0 Å². The van der Waals surface area contributed by atoms with Crippen LogP contribution in [0.1, 0.15) is 233 Å². The summed E-state index contributed by atoms with van der Waals surface area (Å²) in [5.74, 6) is 0. The van der Waals surface area contributed by atoms with Crippen molar-refractivity contribution in [2.45, 2.75) is 220 Å². The molecule has 576 valence electrons. The van der Waals surface area contributed by atoms with E-state index in [-0.39, 0.29) is 0 Å². The van der Waals surface area contributed by atoms with Crippen molar-refractivity contribution in [1.82, 2.24) is 0 Å². The van der Waals surface area contributed by atoms with Gasteiger partial charge in [-0.15, -0.1) is 0 Å². The van der Waals surface area contributed by atoms with Crippen LogP contribution in [0.3, 0.4) is 0 Å². The summed E-state index contributed by atoms with van der Waals surface area (Å²) in [6, 6.07) is 79.1. The van der Waals surface area contributed by atoms with E-state index in [1.807, 2.05) is 166 Å². The van der Waals surface area contributed by atoms with Crippen molar-refractivity contribution in [2.24, 2.45) is 28.2 Å². The first-order valence-electron chi connectivity index (χ1n) is 41.6. The minimum Gasteiger partial charge on any atom is -0.201 e. The zero-order chi connectivity index (χ0) is 81.6. The van der Waals surface area contributed by atoms with Gasteiger partial charge in [-0.05, 0) is 213 Å². The molecule has 0 aliphatic heterocycles. The lowest BCUT2D eigenvalue weighted by atomic mass is 9.94. The Morgan fingerprint density at radius 3 is 0.880 bits per heavy atom. The van der Waals surface area contributed by atoms with Crippen molar-refractivity contribution in [1.29, 1.82) is 0 Å². The van der Waals surface area contributed by atoms with E-state index in [4.69, 9.17) is 0 Å². The number of aromatic nitrogens is 4. The molecule has 0 saturated carbocycles. The number of aryl methyl sites for hydroxylation is 6. The predicted molar refractivity (Wildman–Crippen MR) is 480 cm³/mol. The standard InChI is InChI=1S/4C20H18N.12C2H6/c1-14-16(20-9-5-6-12-21(20)2)10-11-18-17-8-4-3-7-15(17)13-19(14)18;1-14-17(19-9-5-6-12-21(19)2)11-10-16-13-15-7-3-4-8-18(15)20(14)16;1-14-11-19-16(12-15-7-3-4-8-17(15)19)13-18(14)20-9-5-6-10-21(20)2;1-14-11-16-12-15-7-3-4-8-17(15)19(16)13-18(14)20-9-5-6-10-21(20)2;12*1-2/h2*3-12H,13H2,1-2H3;2*3-11,13H,12H2,1-2H3;12*1-2H3/q4*+1;;;;;;;;;;;;. The zero-order valence-electron chi connectivity index (χ0n) is 73.7. The molecule has 4 heteroatoms. The number of fused-ring (bicyclic) bond motifs is 12. The van der Waals surface area contributed by atoms with Crippen LogP contribution in [-0.4, -0.2) is 0 Å². The molecule has 4 aliphatic carbocycles. The van der Waals surface area contributed by atoms with Gasteiger partial charge in [-0.25, -0.2) is 18.3 Å². The van der Waals surface area contributed by atoms with Crippen molar-refractivity contribution >= 4 is 0 Å². The van der Waals surface area contributed by atoms with Gasteiger partial charge in [-0.2, -0.15) is 0 Å². The number of rotatable bonds is 4. The third-order valence-electron chi connectivity index (χ3n) is 18.1. The van der Waals surface area contributed by atoms with Crippen molar-refractivity contribution in [3.63, 3.8) is 0 Å². The molecule has 0 fully saturated rings. The van der Waals surface area contributed by atoms with Gasteiger partial charge < -0.3 is 0 Å². The highest BCUT2D eigenvalue weighted by atomic mass is 14.9. The van der Waals surface area contributed by atoms with Crippen molar-refractivity contribution in [2.75, 3.05) is 0 Å². The van der Waals surface area contributed by atoms with E-state index in [2.05, 4.69) is 317 Å². The molecule has 0 bridgehead atoms. The molecule has 16 rings (SSSR count). The lowest BCUT2D eigenvalue weighted by Crippen LogP contribution is -2.30. The highest BCUT2D eigenvalue weighted by Gasteiger charge is 2.27. The molecule has 4 nitrogen and oxygen atoms in total. The van der Waals surface area contributed by atoms with Crippen molar-refractivity contribution < 1.29 is 18.3 Å². The van der Waals surface area contributed by atoms with Crippen LogP contribution in [0.5, 0.6) is 0 Å². The van der Waals surface area contributed by atoms with Gasteiger partial charge in [0.2, 0.25) is 22.8 Å². The molecule has 12 aromatic rings. The quantitative estimate of drug-likeness (QED) is 0.156. The van der Waals surface area contributed by atoms with Gasteiger partial charge in [-0.3, -0.25) is 0 Å². The van der Waals surface area contributed by atoms with Gasteiger partial charge in [-0.1, -0.05) is 287 Å². The Bertz CT molecular complexity index is 4450. The summed E-state index contributed by atoms with van der Waals surface area (Å²) in [6.45, 7) is 56.9. The summed E-state index contributed by atoms with van der Waals surface area (Å²) in [5, 5.41) is 0. The largest absolute Gasteiger partial charge is 0.212 e. The minimum atomic E-state index is 1.05. The first-order valence-corrected chi connectivity index (χ1v) is 41.6. The number of hydrogen-bond acceptors (Lipinski definition) is 0. The van der Waals surface area contributed by atoms with Crippen LogP contribution in [0.2, 0.25) is 0 Å². The molecule has 0 spiro atoms. The fraction of sp³-hybridized carbons (Fsp3) is 0.346. The van der Waals surface area contributed by atoms with Gasteiger partial charge in [0.05, 0.1) is 0 Å².